The lowest BCUT2D eigenvalue weighted by molar-refractivity contribution is -0.137. The van der Waals surface area contributed by atoms with E-state index in [0.717, 1.165) is 17.7 Å². The third kappa shape index (κ3) is 4.37. The SMILES string of the molecule is Cc1cc(C(=O)NC(C)Cc2ccc(C(F)(F)F)cc2)c(C)o1. The average Bonchev–Trinajstić information content (AvgIpc) is 2.77. The molecule has 1 amide bonds. The molecule has 1 atom stereocenters. The van der Waals surface area contributed by atoms with Crippen LogP contribution in [-0.4, -0.2) is 11.9 Å². The first-order chi connectivity index (χ1) is 10.7. The second-order valence-corrected chi connectivity index (χ2v) is 5.60. The lowest BCUT2D eigenvalue weighted by atomic mass is 10.0. The van der Waals surface area contributed by atoms with E-state index in [4.69, 9.17) is 4.42 Å². The molecule has 124 valence electrons. The van der Waals surface area contributed by atoms with Crippen LogP contribution >= 0.6 is 0 Å². The summed E-state index contributed by atoms with van der Waals surface area (Å²) < 4.78 is 42.9. The fourth-order valence-electron chi connectivity index (χ4n) is 2.39. The highest BCUT2D eigenvalue weighted by Gasteiger charge is 2.30. The minimum atomic E-state index is -4.34. The van der Waals surface area contributed by atoms with Crippen molar-refractivity contribution in [3.8, 4) is 0 Å². The molecule has 2 aromatic rings. The largest absolute Gasteiger partial charge is 0.466 e. The summed E-state index contributed by atoms with van der Waals surface area (Å²) in [6.07, 6.45) is -3.89. The molecule has 23 heavy (non-hydrogen) atoms. The molecule has 3 nitrogen and oxygen atoms in total. The number of hydrogen-bond acceptors (Lipinski definition) is 2. The highest BCUT2D eigenvalue weighted by Crippen LogP contribution is 2.29. The van der Waals surface area contributed by atoms with Gasteiger partial charge in [-0.05, 0) is 51.0 Å². The molecule has 2 rings (SSSR count). The van der Waals surface area contributed by atoms with Crippen molar-refractivity contribution >= 4 is 5.91 Å². The van der Waals surface area contributed by atoms with Gasteiger partial charge in [0.05, 0.1) is 11.1 Å². The maximum Gasteiger partial charge on any atom is 0.416 e. The molecular weight excluding hydrogens is 307 g/mol. The Balaban J connectivity index is 1.98. The van der Waals surface area contributed by atoms with Gasteiger partial charge in [0.2, 0.25) is 0 Å². The number of nitrogens with one attached hydrogen (secondary N) is 1. The minimum absolute atomic E-state index is 0.214. The van der Waals surface area contributed by atoms with Crippen LogP contribution in [0.5, 0.6) is 0 Å². The van der Waals surface area contributed by atoms with Crippen molar-refractivity contribution in [1.82, 2.24) is 5.32 Å². The average molecular weight is 325 g/mol. The molecule has 0 spiro atoms. The number of carbonyl (C=O) groups is 1. The van der Waals surface area contributed by atoms with E-state index in [1.807, 2.05) is 0 Å². The predicted molar refractivity (Wildman–Crippen MR) is 80.3 cm³/mol. The third-order valence-corrected chi connectivity index (χ3v) is 3.49. The summed E-state index contributed by atoms with van der Waals surface area (Å²) in [5.41, 5.74) is 0.523. The van der Waals surface area contributed by atoms with Crippen LogP contribution in [0, 0.1) is 13.8 Å². The number of amides is 1. The summed E-state index contributed by atoms with van der Waals surface area (Å²) in [7, 11) is 0. The van der Waals surface area contributed by atoms with Gasteiger partial charge in [-0.1, -0.05) is 12.1 Å². The van der Waals surface area contributed by atoms with Crippen LogP contribution in [0.25, 0.3) is 0 Å². The Kier molecular flexibility index (Phi) is 4.82. The molecule has 1 N–H and O–H groups in total. The van der Waals surface area contributed by atoms with Crippen LogP contribution < -0.4 is 5.32 Å². The van der Waals surface area contributed by atoms with Crippen LogP contribution in [0.15, 0.2) is 34.7 Å². The van der Waals surface area contributed by atoms with Crippen molar-refractivity contribution in [1.29, 1.82) is 0 Å². The summed E-state index contributed by atoms with van der Waals surface area (Å²) in [5, 5.41) is 2.82. The van der Waals surface area contributed by atoms with Crippen molar-refractivity contribution in [2.75, 3.05) is 0 Å². The molecule has 0 aliphatic rings. The quantitative estimate of drug-likeness (QED) is 0.912. The molecule has 6 heteroatoms. The van der Waals surface area contributed by atoms with Gasteiger partial charge in [-0.25, -0.2) is 0 Å². The summed E-state index contributed by atoms with van der Waals surface area (Å²) in [6, 6.07) is 6.40. The summed E-state index contributed by atoms with van der Waals surface area (Å²) in [5.74, 6) is 0.948. The first kappa shape index (κ1) is 17.1. The Hall–Kier alpha value is -2.24. The Morgan fingerprint density at radius 2 is 1.83 bits per heavy atom. The molecule has 0 saturated heterocycles. The lowest BCUT2D eigenvalue weighted by Gasteiger charge is -2.14. The second kappa shape index (κ2) is 6.48. The van der Waals surface area contributed by atoms with E-state index >= 15 is 0 Å². The number of alkyl halides is 3. The number of hydrogen-bond donors (Lipinski definition) is 1. The molecule has 0 aliphatic heterocycles. The van der Waals surface area contributed by atoms with E-state index in [1.165, 1.54) is 12.1 Å². The summed E-state index contributed by atoms with van der Waals surface area (Å²) >= 11 is 0. The standard InChI is InChI=1S/C17H18F3NO2/c1-10(21-16(22)15-9-11(2)23-12(15)3)8-13-4-6-14(7-5-13)17(18,19)20/h4-7,9-10H,8H2,1-3H3,(H,21,22). The van der Waals surface area contributed by atoms with Crippen LogP contribution in [0.4, 0.5) is 13.2 Å². The third-order valence-electron chi connectivity index (χ3n) is 3.49. The Bertz CT molecular complexity index is 687. The molecule has 1 aromatic heterocycles. The monoisotopic (exact) mass is 325 g/mol. The molecule has 1 unspecified atom stereocenters. The summed E-state index contributed by atoms with van der Waals surface area (Å²) in [6.45, 7) is 5.27. The number of aryl methyl sites for hydroxylation is 2. The zero-order chi connectivity index (χ0) is 17.2. The van der Waals surface area contributed by atoms with Crippen LogP contribution in [0.3, 0.4) is 0 Å². The van der Waals surface area contributed by atoms with Gasteiger partial charge < -0.3 is 9.73 Å². The van der Waals surface area contributed by atoms with E-state index in [9.17, 15) is 18.0 Å². The maximum atomic E-state index is 12.5. The molecule has 0 aliphatic carbocycles. The van der Waals surface area contributed by atoms with E-state index < -0.39 is 11.7 Å². The fraction of sp³-hybridized carbons (Fsp3) is 0.353. The zero-order valence-corrected chi connectivity index (χ0v) is 13.1. The predicted octanol–water partition coefficient (Wildman–Crippen LogP) is 4.28. The zero-order valence-electron chi connectivity index (χ0n) is 13.1. The second-order valence-electron chi connectivity index (χ2n) is 5.60. The van der Waals surface area contributed by atoms with Crippen molar-refractivity contribution in [2.45, 2.75) is 39.4 Å². The smallest absolute Gasteiger partial charge is 0.416 e. The van der Waals surface area contributed by atoms with E-state index in [-0.39, 0.29) is 11.9 Å². The van der Waals surface area contributed by atoms with Gasteiger partial charge in [-0.2, -0.15) is 13.2 Å². The summed E-state index contributed by atoms with van der Waals surface area (Å²) in [4.78, 5) is 12.1. The fourth-order valence-corrected chi connectivity index (χ4v) is 2.39. The topological polar surface area (TPSA) is 42.2 Å². The minimum Gasteiger partial charge on any atom is -0.466 e. The van der Waals surface area contributed by atoms with Gasteiger partial charge in [0, 0.05) is 6.04 Å². The lowest BCUT2D eigenvalue weighted by Crippen LogP contribution is -2.34. The molecule has 0 saturated carbocycles. The normalized spacial score (nSPS) is 13.0. The number of carbonyl (C=O) groups excluding carboxylic acids is 1. The van der Waals surface area contributed by atoms with E-state index in [1.54, 1.807) is 26.8 Å². The first-order valence-electron chi connectivity index (χ1n) is 7.21. The molecule has 0 radical (unpaired) electrons. The van der Waals surface area contributed by atoms with Gasteiger partial charge in [-0.3, -0.25) is 4.79 Å². The van der Waals surface area contributed by atoms with Gasteiger partial charge >= 0.3 is 6.18 Å². The van der Waals surface area contributed by atoms with Crippen molar-refractivity contribution in [2.24, 2.45) is 0 Å². The van der Waals surface area contributed by atoms with Crippen molar-refractivity contribution in [3.05, 3.63) is 58.5 Å². The van der Waals surface area contributed by atoms with Crippen LogP contribution in [-0.2, 0) is 12.6 Å². The molecule has 1 heterocycles. The number of furan rings is 1. The number of benzene rings is 1. The van der Waals surface area contributed by atoms with Gasteiger partial charge in [0.15, 0.2) is 0 Å². The Morgan fingerprint density at radius 1 is 1.22 bits per heavy atom. The van der Waals surface area contributed by atoms with Crippen LogP contribution in [0.2, 0.25) is 0 Å². The Labute approximate surface area is 132 Å². The Morgan fingerprint density at radius 3 is 2.30 bits per heavy atom. The number of halogens is 3. The highest BCUT2D eigenvalue weighted by atomic mass is 19.4. The van der Waals surface area contributed by atoms with Gasteiger partial charge in [0.1, 0.15) is 11.5 Å². The maximum absolute atomic E-state index is 12.5. The van der Waals surface area contributed by atoms with Crippen molar-refractivity contribution < 1.29 is 22.4 Å². The molecule has 0 bridgehead atoms. The molecular formula is C17H18F3NO2. The van der Waals surface area contributed by atoms with E-state index in [2.05, 4.69) is 5.32 Å². The highest BCUT2D eigenvalue weighted by molar-refractivity contribution is 5.95. The van der Waals surface area contributed by atoms with Gasteiger partial charge in [0.25, 0.3) is 5.91 Å². The number of rotatable bonds is 4. The van der Waals surface area contributed by atoms with E-state index in [0.29, 0.717) is 23.5 Å². The van der Waals surface area contributed by atoms with Crippen LogP contribution in [0.1, 0.15) is 39.9 Å². The van der Waals surface area contributed by atoms with Crippen molar-refractivity contribution in [3.63, 3.8) is 0 Å². The first-order valence-corrected chi connectivity index (χ1v) is 7.21. The molecule has 1 aromatic carbocycles. The van der Waals surface area contributed by atoms with Gasteiger partial charge in [-0.15, -0.1) is 0 Å². The molecule has 0 fully saturated rings.